The fraction of sp³-hybridized carbons (Fsp3) is 0.0741. The van der Waals surface area contributed by atoms with Crippen molar-refractivity contribution in [2.45, 2.75) is 13.5 Å². The van der Waals surface area contributed by atoms with Crippen LogP contribution in [0.25, 0.3) is 28.2 Å². The van der Waals surface area contributed by atoms with Gasteiger partial charge in [-0.05, 0) is 64.9 Å². The molecule has 1 aliphatic rings. The summed E-state index contributed by atoms with van der Waals surface area (Å²) in [6.07, 6.45) is 1.57. The molecule has 0 spiro atoms. The molecule has 0 saturated carbocycles. The monoisotopic (exact) mass is 469 g/mol. The second kappa shape index (κ2) is 8.68. The van der Waals surface area contributed by atoms with E-state index in [4.69, 9.17) is 9.52 Å². The summed E-state index contributed by atoms with van der Waals surface area (Å²) < 4.78 is 5.89. The van der Waals surface area contributed by atoms with E-state index < -0.39 is 5.97 Å². The normalized spacial score (nSPS) is 15.0. The summed E-state index contributed by atoms with van der Waals surface area (Å²) in [6, 6.07) is 22.0. The molecule has 0 atom stereocenters. The smallest absolute Gasteiger partial charge is 0.335 e. The Hall–Kier alpha value is -4.10. The van der Waals surface area contributed by atoms with Crippen molar-refractivity contribution in [2.24, 2.45) is 0 Å². The number of amides is 2. The van der Waals surface area contributed by atoms with Gasteiger partial charge < -0.3 is 9.52 Å². The molecule has 0 radical (unpaired) electrons. The summed E-state index contributed by atoms with van der Waals surface area (Å²) >= 11 is 0.888. The van der Waals surface area contributed by atoms with E-state index in [-0.39, 0.29) is 23.3 Å². The molecule has 0 bridgehead atoms. The second-order valence-electron chi connectivity index (χ2n) is 7.94. The van der Waals surface area contributed by atoms with E-state index in [0.717, 1.165) is 39.2 Å². The number of aromatic carboxylic acids is 1. The third kappa shape index (κ3) is 4.02. The van der Waals surface area contributed by atoms with Crippen molar-refractivity contribution in [3.63, 3.8) is 0 Å². The number of rotatable bonds is 5. The fourth-order valence-corrected chi connectivity index (χ4v) is 4.83. The summed E-state index contributed by atoms with van der Waals surface area (Å²) in [6.45, 7) is 2.00. The molecule has 4 aromatic rings. The van der Waals surface area contributed by atoms with Gasteiger partial charge in [-0.25, -0.2) is 4.79 Å². The van der Waals surface area contributed by atoms with E-state index in [0.29, 0.717) is 16.4 Å². The van der Waals surface area contributed by atoms with Crippen LogP contribution in [0.3, 0.4) is 0 Å². The molecule has 1 saturated heterocycles. The van der Waals surface area contributed by atoms with E-state index in [1.54, 1.807) is 30.3 Å². The van der Waals surface area contributed by atoms with Gasteiger partial charge in [0, 0.05) is 11.6 Å². The van der Waals surface area contributed by atoms with Crippen LogP contribution < -0.4 is 0 Å². The number of carboxylic acid groups (broad SMARTS) is 1. The quantitative estimate of drug-likeness (QED) is 0.343. The van der Waals surface area contributed by atoms with Gasteiger partial charge in [-0.15, -0.1) is 0 Å². The number of carbonyl (C=O) groups is 3. The molecule has 0 unspecified atom stereocenters. The Labute approximate surface area is 199 Å². The Bertz CT molecular complexity index is 1490. The molecule has 7 heteroatoms. The number of nitrogens with zero attached hydrogens (tertiary/aromatic N) is 1. The molecule has 2 heterocycles. The molecule has 1 fully saturated rings. The summed E-state index contributed by atoms with van der Waals surface area (Å²) in [7, 11) is 0. The van der Waals surface area contributed by atoms with Crippen molar-refractivity contribution in [2.75, 3.05) is 0 Å². The highest BCUT2D eigenvalue weighted by Crippen LogP contribution is 2.35. The van der Waals surface area contributed by atoms with Crippen LogP contribution in [0, 0.1) is 6.92 Å². The number of hydrogen-bond donors (Lipinski definition) is 1. The van der Waals surface area contributed by atoms with Crippen molar-refractivity contribution in [3.8, 4) is 11.3 Å². The highest BCUT2D eigenvalue weighted by molar-refractivity contribution is 8.18. The Morgan fingerprint density at radius 1 is 1.03 bits per heavy atom. The summed E-state index contributed by atoms with van der Waals surface area (Å²) in [5.74, 6) is -0.361. The maximum absolute atomic E-state index is 13.0. The zero-order valence-electron chi connectivity index (χ0n) is 18.1. The lowest BCUT2D eigenvalue weighted by atomic mass is 10.0. The van der Waals surface area contributed by atoms with Crippen LogP contribution in [0.4, 0.5) is 4.79 Å². The average molecular weight is 470 g/mol. The number of imide groups is 1. The van der Waals surface area contributed by atoms with Crippen LogP contribution in [0.15, 0.2) is 82.1 Å². The van der Waals surface area contributed by atoms with E-state index in [1.165, 1.54) is 11.0 Å². The molecule has 168 valence electrons. The lowest BCUT2D eigenvalue weighted by Gasteiger charge is -2.14. The zero-order valence-corrected chi connectivity index (χ0v) is 19.0. The fourth-order valence-electron chi connectivity index (χ4n) is 4.01. The highest BCUT2D eigenvalue weighted by atomic mass is 32.2. The lowest BCUT2D eigenvalue weighted by molar-refractivity contribution is -0.123. The molecule has 3 aromatic carbocycles. The molecule has 1 aliphatic heterocycles. The largest absolute Gasteiger partial charge is 0.478 e. The third-order valence-electron chi connectivity index (χ3n) is 5.72. The molecular weight excluding hydrogens is 450 g/mol. The number of carboxylic acids is 1. The standard InChI is InChI=1S/C27H19NO5S/c1-16-13-18(26(30)31)9-11-21(16)23-12-10-20(33-23)14-24-25(29)28(27(32)34-24)15-19-7-4-6-17-5-2-3-8-22(17)19/h2-14H,15H2,1H3,(H,30,31)/b24-14-. The summed E-state index contributed by atoms with van der Waals surface area (Å²) in [4.78, 5) is 38.4. The van der Waals surface area contributed by atoms with Gasteiger partial charge >= 0.3 is 5.97 Å². The Morgan fingerprint density at radius 2 is 1.82 bits per heavy atom. The Balaban J connectivity index is 1.38. The van der Waals surface area contributed by atoms with Gasteiger partial charge in [0.15, 0.2) is 0 Å². The van der Waals surface area contributed by atoms with Gasteiger partial charge in [0.1, 0.15) is 11.5 Å². The number of benzene rings is 3. The highest BCUT2D eigenvalue weighted by Gasteiger charge is 2.35. The van der Waals surface area contributed by atoms with E-state index in [9.17, 15) is 14.4 Å². The number of fused-ring (bicyclic) bond motifs is 1. The van der Waals surface area contributed by atoms with Crippen LogP contribution in [0.5, 0.6) is 0 Å². The average Bonchev–Trinajstić information content (AvgIpc) is 3.39. The van der Waals surface area contributed by atoms with Crippen molar-refractivity contribution in [1.29, 1.82) is 0 Å². The van der Waals surface area contributed by atoms with Gasteiger partial charge in [0.2, 0.25) is 0 Å². The van der Waals surface area contributed by atoms with Gasteiger partial charge in [0.05, 0.1) is 17.0 Å². The van der Waals surface area contributed by atoms with Crippen LogP contribution in [0.2, 0.25) is 0 Å². The van der Waals surface area contributed by atoms with Gasteiger partial charge in [-0.2, -0.15) is 0 Å². The molecular formula is C27H19NO5S. The van der Waals surface area contributed by atoms with Gasteiger partial charge in [-0.3, -0.25) is 14.5 Å². The maximum atomic E-state index is 13.0. The molecule has 5 rings (SSSR count). The van der Waals surface area contributed by atoms with Crippen molar-refractivity contribution in [1.82, 2.24) is 4.90 Å². The van der Waals surface area contributed by atoms with Gasteiger partial charge in [0.25, 0.3) is 11.1 Å². The zero-order chi connectivity index (χ0) is 23.8. The maximum Gasteiger partial charge on any atom is 0.335 e. The molecule has 1 aromatic heterocycles. The van der Waals surface area contributed by atoms with E-state index in [2.05, 4.69) is 0 Å². The second-order valence-corrected chi connectivity index (χ2v) is 8.94. The summed E-state index contributed by atoms with van der Waals surface area (Å²) in [5.41, 5.74) is 2.63. The topological polar surface area (TPSA) is 87.8 Å². The molecule has 0 aliphatic carbocycles. The number of furan rings is 1. The number of hydrogen-bond acceptors (Lipinski definition) is 5. The van der Waals surface area contributed by atoms with Gasteiger partial charge in [-0.1, -0.05) is 48.5 Å². The van der Waals surface area contributed by atoms with Crippen molar-refractivity contribution >= 4 is 45.7 Å². The lowest BCUT2D eigenvalue weighted by Crippen LogP contribution is -2.27. The molecule has 34 heavy (non-hydrogen) atoms. The number of aryl methyl sites for hydroxylation is 1. The minimum atomic E-state index is -0.992. The predicted molar refractivity (Wildman–Crippen MR) is 131 cm³/mol. The third-order valence-corrected chi connectivity index (χ3v) is 6.63. The first-order chi connectivity index (χ1) is 16.4. The predicted octanol–water partition coefficient (Wildman–Crippen LogP) is 6.34. The Morgan fingerprint density at radius 3 is 2.62 bits per heavy atom. The van der Waals surface area contributed by atoms with Crippen molar-refractivity contribution in [3.05, 3.63) is 100 Å². The summed E-state index contributed by atoms with van der Waals surface area (Å²) in [5, 5.41) is 10.9. The first kappa shape index (κ1) is 21.7. The van der Waals surface area contributed by atoms with Crippen LogP contribution in [-0.4, -0.2) is 27.1 Å². The minimum absolute atomic E-state index is 0.196. The minimum Gasteiger partial charge on any atom is -0.478 e. The van der Waals surface area contributed by atoms with Crippen LogP contribution in [0.1, 0.15) is 27.2 Å². The molecule has 1 N–H and O–H groups in total. The number of carbonyl (C=O) groups excluding carboxylic acids is 2. The van der Waals surface area contributed by atoms with Crippen LogP contribution in [-0.2, 0) is 11.3 Å². The first-order valence-corrected chi connectivity index (χ1v) is 11.4. The molecule has 2 amide bonds. The molecule has 6 nitrogen and oxygen atoms in total. The SMILES string of the molecule is Cc1cc(C(=O)O)ccc1-c1ccc(/C=C2\SC(=O)N(Cc3cccc4ccccc34)C2=O)o1. The first-order valence-electron chi connectivity index (χ1n) is 10.6. The van der Waals surface area contributed by atoms with Crippen LogP contribution >= 0.6 is 11.8 Å². The number of thioether (sulfide) groups is 1. The van der Waals surface area contributed by atoms with E-state index >= 15 is 0 Å². The Kier molecular flexibility index (Phi) is 5.55. The van der Waals surface area contributed by atoms with Crippen molar-refractivity contribution < 1.29 is 23.9 Å². The van der Waals surface area contributed by atoms with E-state index in [1.807, 2.05) is 49.4 Å².